The van der Waals surface area contributed by atoms with Gasteiger partial charge < -0.3 is 5.73 Å². The minimum Gasteiger partial charge on any atom is -0.330 e. The first-order valence-electron chi connectivity index (χ1n) is 4.56. The molecule has 0 aliphatic rings. The molecule has 3 N–H and O–H groups in total. The Hall–Kier alpha value is -0.870. The first kappa shape index (κ1) is 9.68. The maximum atomic E-state index is 5.67. The number of benzene rings is 1. The molecule has 1 heterocycles. The van der Waals surface area contributed by atoms with Gasteiger partial charge in [-0.25, -0.2) is 0 Å². The zero-order chi connectivity index (χ0) is 10.1. The van der Waals surface area contributed by atoms with Gasteiger partial charge in [-0.3, -0.25) is 5.10 Å². The molecule has 3 nitrogen and oxygen atoms in total. The summed E-state index contributed by atoms with van der Waals surface area (Å²) in [4.78, 5) is 0. The van der Waals surface area contributed by atoms with E-state index in [0.717, 1.165) is 15.5 Å². The predicted molar refractivity (Wildman–Crippen MR) is 61.3 cm³/mol. The summed E-state index contributed by atoms with van der Waals surface area (Å²) in [5.74, 6) is 0.354. The van der Waals surface area contributed by atoms with Gasteiger partial charge in [-0.05, 0) is 40.0 Å². The Balaban J connectivity index is 2.69. The van der Waals surface area contributed by atoms with Crippen molar-refractivity contribution in [2.24, 2.45) is 5.73 Å². The highest BCUT2D eigenvalue weighted by Gasteiger charge is 2.11. The van der Waals surface area contributed by atoms with Crippen molar-refractivity contribution in [1.29, 1.82) is 0 Å². The maximum Gasteiger partial charge on any atom is 0.109 e. The highest BCUT2D eigenvalue weighted by Crippen LogP contribution is 2.29. The summed E-state index contributed by atoms with van der Waals surface area (Å²) in [6, 6.07) is 6.10. The summed E-state index contributed by atoms with van der Waals surface area (Å²) < 4.78 is 0.934. The Labute approximate surface area is 90.8 Å². The summed E-state index contributed by atoms with van der Waals surface area (Å²) in [6.45, 7) is 2.77. The topological polar surface area (TPSA) is 54.7 Å². The fraction of sp³-hybridized carbons (Fsp3) is 0.300. The van der Waals surface area contributed by atoms with E-state index in [-0.39, 0.29) is 0 Å². The minimum absolute atomic E-state index is 0.354. The molecule has 0 radical (unpaired) electrons. The number of H-pyrrole nitrogens is 1. The second-order valence-corrected chi connectivity index (χ2v) is 4.21. The van der Waals surface area contributed by atoms with Crippen LogP contribution in [0.25, 0.3) is 10.9 Å². The number of fused-ring (bicyclic) bond motifs is 1. The molecule has 1 aromatic carbocycles. The van der Waals surface area contributed by atoms with E-state index in [1.807, 2.05) is 12.1 Å². The van der Waals surface area contributed by atoms with Crippen molar-refractivity contribution in [1.82, 2.24) is 10.2 Å². The van der Waals surface area contributed by atoms with E-state index < -0.39 is 0 Å². The van der Waals surface area contributed by atoms with E-state index in [4.69, 9.17) is 5.73 Å². The lowest BCUT2D eigenvalue weighted by Crippen LogP contribution is -2.09. The fourth-order valence-corrected chi connectivity index (χ4v) is 2.11. The van der Waals surface area contributed by atoms with Crippen LogP contribution in [0.5, 0.6) is 0 Å². The zero-order valence-electron chi connectivity index (χ0n) is 7.92. The van der Waals surface area contributed by atoms with Crippen molar-refractivity contribution in [2.45, 2.75) is 12.8 Å². The van der Waals surface area contributed by atoms with Gasteiger partial charge in [0.2, 0.25) is 0 Å². The van der Waals surface area contributed by atoms with Crippen molar-refractivity contribution in [3.8, 4) is 0 Å². The van der Waals surface area contributed by atoms with Crippen LogP contribution in [0.4, 0.5) is 0 Å². The van der Waals surface area contributed by atoms with Gasteiger partial charge in [0.25, 0.3) is 0 Å². The summed E-state index contributed by atoms with van der Waals surface area (Å²) in [6.07, 6.45) is 0. The zero-order valence-corrected chi connectivity index (χ0v) is 9.51. The molecule has 74 valence electrons. The minimum atomic E-state index is 0.354. The van der Waals surface area contributed by atoms with Gasteiger partial charge in [0, 0.05) is 5.39 Å². The van der Waals surface area contributed by atoms with Crippen LogP contribution in [0.15, 0.2) is 22.8 Å². The summed E-state index contributed by atoms with van der Waals surface area (Å²) in [5.41, 5.74) is 7.89. The van der Waals surface area contributed by atoms with Crippen molar-refractivity contribution >= 4 is 26.8 Å². The van der Waals surface area contributed by atoms with Gasteiger partial charge in [0.15, 0.2) is 0 Å². The predicted octanol–water partition coefficient (Wildman–Crippen LogP) is 2.39. The van der Waals surface area contributed by atoms with E-state index in [0.29, 0.717) is 12.5 Å². The molecule has 0 spiro atoms. The standard InChI is InChI=1S/C10H12BrN3/c1-6(5-12)7-3-2-4-8-9(7)10(11)14-13-8/h2-4,6H,5,12H2,1H3,(H,13,14). The molecule has 0 amide bonds. The summed E-state index contributed by atoms with van der Waals surface area (Å²) in [5, 5.41) is 8.25. The lowest BCUT2D eigenvalue weighted by molar-refractivity contribution is 0.780. The number of nitrogens with two attached hydrogens (primary N) is 1. The Bertz CT molecular complexity index is 450. The van der Waals surface area contributed by atoms with Crippen LogP contribution < -0.4 is 5.73 Å². The highest BCUT2D eigenvalue weighted by molar-refractivity contribution is 9.10. The number of rotatable bonds is 2. The van der Waals surface area contributed by atoms with Crippen molar-refractivity contribution < 1.29 is 0 Å². The Morgan fingerprint density at radius 1 is 1.57 bits per heavy atom. The summed E-state index contributed by atoms with van der Waals surface area (Å²) in [7, 11) is 0. The first-order valence-corrected chi connectivity index (χ1v) is 5.36. The Morgan fingerprint density at radius 2 is 2.36 bits per heavy atom. The first-order chi connectivity index (χ1) is 6.74. The van der Waals surface area contributed by atoms with E-state index in [1.165, 1.54) is 5.56 Å². The normalized spacial score (nSPS) is 13.4. The van der Waals surface area contributed by atoms with Crippen LogP contribution in [0.1, 0.15) is 18.4 Å². The van der Waals surface area contributed by atoms with E-state index in [9.17, 15) is 0 Å². The molecule has 4 heteroatoms. The fourth-order valence-electron chi connectivity index (χ4n) is 1.59. The van der Waals surface area contributed by atoms with Crippen molar-refractivity contribution in [3.63, 3.8) is 0 Å². The van der Waals surface area contributed by atoms with Crippen LogP contribution in [-0.4, -0.2) is 16.7 Å². The van der Waals surface area contributed by atoms with Crippen molar-refractivity contribution in [2.75, 3.05) is 6.54 Å². The van der Waals surface area contributed by atoms with E-state index >= 15 is 0 Å². The molecular formula is C10H12BrN3. The van der Waals surface area contributed by atoms with E-state index in [1.54, 1.807) is 0 Å². The number of aromatic nitrogens is 2. The Morgan fingerprint density at radius 3 is 3.07 bits per heavy atom. The number of aromatic amines is 1. The lowest BCUT2D eigenvalue weighted by atomic mass is 9.98. The van der Waals surface area contributed by atoms with Gasteiger partial charge in [-0.1, -0.05) is 19.1 Å². The Kier molecular flexibility index (Phi) is 2.56. The number of nitrogens with one attached hydrogen (secondary N) is 1. The monoisotopic (exact) mass is 253 g/mol. The molecule has 0 saturated carbocycles. The van der Waals surface area contributed by atoms with Gasteiger partial charge in [0.1, 0.15) is 4.60 Å². The molecule has 1 aromatic heterocycles. The molecule has 1 atom stereocenters. The van der Waals surface area contributed by atoms with Crippen LogP contribution >= 0.6 is 15.9 Å². The van der Waals surface area contributed by atoms with Crippen LogP contribution in [0.3, 0.4) is 0 Å². The molecule has 0 fully saturated rings. The molecule has 2 rings (SSSR count). The van der Waals surface area contributed by atoms with E-state index in [2.05, 4.69) is 39.1 Å². The molecule has 2 aromatic rings. The SMILES string of the molecule is CC(CN)c1cccc2n[nH]c(Br)c12. The third kappa shape index (κ3) is 1.44. The smallest absolute Gasteiger partial charge is 0.109 e. The summed E-state index contributed by atoms with van der Waals surface area (Å²) >= 11 is 3.46. The van der Waals surface area contributed by atoms with Gasteiger partial charge in [0.05, 0.1) is 5.52 Å². The largest absolute Gasteiger partial charge is 0.330 e. The van der Waals surface area contributed by atoms with Crippen molar-refractivity contribution in [3.05, 3.63) is 28.4 Å². The lowest BCUT2D eigenvalue weighted by Gasteiger charge is -2.09. The third-order valence-corrected chi connectivity index (χ3v) is 3.03. The molecule has 0 aliphatic carbocycles. The third-order valence-electron chi connectivity index (χ3n) is 2.45. The highest BCUT2D eigenvalue weighted by atomic mass is 79.9. The van der Waals surface area contributed by atoms with Gasteiger partial charge in [-0.15, -0.1) is 0 Å². The molecule has 0 aliphatic heterocycles. The van der Waals surface area contributed by atoms with Crippen LogP contribution in [0, 0.1) is 0 Å². The number of halogens is 1. The molecule has 1 unspecified atom stereocenters. The quantitative estimate of drug-likeness (QED) is 0.864. The second-order valence-electron chi connectivity index (χ2n) is 3.42. The molecule has 0 saturated heterocycles. The number of hydrogen-bond acceptors (Lipinski definition) is 2. The van der Waals surface area contributed by atoms with Crippen LogP contribution in [0.2, 0.25) is 0 Å². The average molecular weight is 254 g/mol. The average Bonchev–Trinajstić information content (AvgIpc) is 2.59. The van der Waals surface area contributed by atoms with Crippen LogP contribution in [-0.2, 0) is 0 Å². The van der Waals surface area contributed by atoms with Gasteiger partial charge >= 0.3 is 0 Å². The molecule has 14 heavy (non-hydrogen) atoms. The number of nitrogens with zero attached hydrogens (tertiary/aromatic N) is 1. The molecule has 0 bridgehead atoms. The molecular weight excluding hydrogens is 242 g/mol. The maximum absolute atomic E-state index is 5.67. The number of hydrogen-bond donors (Lipinski definition) is 2. The van der Waals surface area contributed by atoms with Gasteiger partial charge in [-0.2, -0.15) is 5.10 Å². The second kappa shape index (κ2) is 3.71.